The minimum Gasteiger partial charge on any atom is -0.493 e. The Kier molecular flexibility index (Phi) is 4.22. The maximum atomic E-state index is 12.4. The highest BCUT2D eigenvalue weighted by Gasteiger charge is 2.27. The fourth-order valence-corrected chi connectivity index (χ4v) is 3.35. The predicted octanol–water partition coefficient (Wildman–Crippen LogP) is 2.59. The lowest BCUT2D eigenvalue weighted by molar-refractivity contribution is -0.132. The number of carbonyl (C=O) groups excluding carboxylic acids is 1. The lowest BCUT2D eigenvalue weighted by atomic mass is 9.99. The van der Waals surface area contributed by atoms with E-state index in [-0.39, 0.29) is 12.5 Å². The summed E-state index contributed by atoms with van der Waals surface area (Å²) in [4.78, 5) is 14.1. The zero-order valence-electron chi connectivity index (χ0n) is 14.3. The van der Waals surface area contributed by atoms with Crippen LogP contribution in [0.15, 0.2) is 36.4 Å². The van der Waals surface area contributed by atoms with Crippen molar-refractivity contribution in [3.63, 3.8) is 0 Å². The van der Waals surface area contributed by atoms with E-state index >= 15 is 0 Å². The lowest BCUT2D eigenvalue weighted by Gasteiger charge is -2.21. The number of nitrogens with zero attached hydrogens (tertiary/aromatic N) is 1. The van der Waals surface area contributed by atoms with Gasteiger partial charge in [-0.3, -0.25) is 4.79 Å². The zero-order valence-corrected chi connectivity index (χ0v) is 14.3. The number of fused-ring (bicyclic) bond motifs is 2. The summed E-state index contributed by atoms with van der Waals surface area (Å²) in [7, 11) is 1.80. The Hall–Kier alpha value is -2.69. The van der Waals surface area contributed by atoms with Crippen molar-refractivity contribution in [2.24, 2.45) is 0 Å². The molecule has 0 aromatic heterocycles. The first-order chi connectivity index (χ1) is 12.2. The highest BCUT2D eigenvalue weighted by atomic mass is 16.5. The molecule has 4 rings (SSSR count). The fraction of sp³-hybridized carbons (Fsp3) is 0.350. The number of carbonyl (C=O) groups is 1. The quantitative estimate of drug-likeness (QED) is 0.840. The van der Waals surface area contributed by atoms with Gasteiger partial charge in [-0.1, -0.05) is 18.2 Å². The molecular weight excluding hydrogens is 318 g/mol. The van der Waals surface area contributed by atoms with Gasteiger partial charge < -0.3 is 19.1 Å². The number of amides is 1. The van der Waals surface area contributed by atoms with Crippen LogP contribution >= 0.6 is 0 Å². The van der Waals surface area contributed by atoms with Crippen molar-refractivity contribution in [2.45, 2.75) is 19.4 Å². The molecule has 0 spiro atoms. The molecule has 0 saturated heterocycles. The molecule has 2 aromatic carbocycles. The van der Waals surface area contributed by atoms with Crippen molar-refractivity contribution in [1.29, 1.82) is 0 Å². The maximum Gasteiger partial charge on any atom is 0.260 e. The zero-order chi connectivity index (χ0) is 17.2. The SMILES string of the molecule is CN(Cc1c2c(cc3c1OCC3)OCC2)C(=O)COc1ccccc1. The van der Waals surface area contributed by atoms with Crippen molar-refractivity contribution in [1.82, 2.24) is 4.90 Å². The number of ether oxygens (including phenoxy) is 3. The molecule has 5 heteroatoms. The van der Waals surface area contributed by atoms with Gasteiger partial charge >= 0.3 is 0 Å². The van der Waals surface area contributed by atoms with E-state index in [9.17, 15) is 4.79 Å². The molecule has 0 atom stereocenters. The van der Waals surface area contributed by atoms with E-state index in [4.69, 9.17) is 14.2 Å². The topological polar surface area (TPSA) is 48.0 Å². The predicted molar refractivity (Wildman–Crippen MR) is 93.3 cm³/mol. The standard InChI is InChI=1S/C20H21NO4/c1-21(19(22)13-25-15-5-3-2-4-6-15)12-17-16-8-10-23-18(16)11-14-7-9-24-20(14)17/h2-6,11H,7-10,12-13H2,1H3. The second-order valence-corrected chi connectivity index (χ2v) is 6.37. The summed E-state index contributed by atoms with van der Waals surface area (Å²) in [6, 6.07) is 11.5. The van der Waals surface area contributed by atoms with Crippen LogP contribution in [-0.2, 0) is 24.2 Å². The monoisotopic (exact) mass is 339 g/mol. The van der Waals surface area contributed by atoms with Crippen molar-refractivity contribution in [3.05, 3.63) is 53.1 Å². The average molecular weight is 339 g/mol. The molecule has 0 unspecified atom stereocenters. The fourth-order valence-electron chi connectivity index (χ4n) is 3.35. The highest BCUT2D eigenvalue weighted by molar-refractivity contribution is 5.77. The van der Waals surface area contributed by atoms with Gasteiger partial charge in [-0.15, -0.1) is 0 Å². The minimum atomic E-state index is -0.0629. The summed E-state index contributed by atoms with van der Waals surface area (Å²) in [5.74, 6) is 2.52. The number of benzene rings is 2. The van der Waals surface area contributed by atoms with E-state index in [0.717, 1.165) is 29.9 Å². The molecule has 0 N–H and O–H groups in total. The van der Waals surface area contributed by atoms with Crippen LogP contribution in [0.4, 0.5) is 0 Å². The summed E-state index contributed by atoms with van der Waals surface area (Å²) < 4.78 is 17.1. The van der Waals surface area contributed by atoms with Gasteiger partial charge in [0, 0.05) is 43.1 Å². The molecule has 2 aromatic rings. The van der Waals surface area contributed by atoms with E-state index in [1.165, 1.54) is 11.1 Å². The summed E-state index contributed by atoms with van der Waals surface area (Å²) in [5, 5.41) is 0. The Balaban J connectivity index is 1.48. The Bertz CT molecular complexity index is 756. The van der Waals surface area contributed by atoms with Gasteiger partial charge in [-0.05, 0) is 18.2 Å². The summed E-state index contributed by atoms with van der Waals surface area (Å²) in [6.45, 7) is 1.92. The Labute approximate surface area is 147 Å². The van der Waals surface area contributed by atoms with Crippen LogP contribution in [0.1, 0.15) is 16.7 Å². The van der Waals surface area contributed by atoms with Crippen LogP contribution in [0, 0.1) is 0 Å². The highest BCUT2D eigenvalue weighted by Crippen LogP contribution is 2.41. The van der Waals surface area contributed by atoms with Crippen LogP contribution < -0.4 is 14.2 Å². The second-order valence-electron chi connectivity index (χ2n) is 6.37. The molecule has 5 nitrogen and oxygen atoms in total. The Morgan fingerprint density at radius 2 is 1.96 bits per heavy atom. The third-order valence-corrected chi connectivity index (χ3v) is 4.69. The van der Waals surface area contributed by atoms with E-state index in [2.05, 4.69) is 6.07 Å². The molecule has 25 heavy (non-hydrogen) atoms. The second kappa shape index (κ2) is 6.67. The minimum absolute atomic E-state index is 0.0229. The molecule has 2 aliphatic heterocycles. The van der Waals surface area contributed by atoms with Gasteiger partial charge in [-0.25, -0.2) is 0 Å². The Morgan fingerprint density at radius 1 is 1.16 bits per heavy atom. The van der Waals surface area contributed by atoms with Crippen molar-refractivity contribution >= 4 is 5.91 Å². The number of rotatable bonds is 5. The third kappa shape index (κ3) is 3.14. The lowest BCUT2D eigenvalue weighted by Crippen LogP contribution is -2.31. The first-order valence-electron chi connectivity index (χ1n) is 8.57. The van der Waals surface area contributed by atoms with Crippen LogP contribution in [0.5, 0.6) is 17.2 Å². The van der Waals surface area contributed by atoms with Gasteiger partial charge in [0.1, 0.15) is 17.2 Å². The molecule has 0 radical (unpaired) electrons. The Morgan fingerprint density at radius 3 is 2.80 bits per heavy atom. The number of para-hydroxylation sites is 1. The molecule has 2 aliphatic rings. The van der Waals surface area contributed by atoms with E-state index in [0.29, 0.717) is 25.5 Å². The van der Waals surface area contributed by atoms with E-state index in [1.54, 1.807) is 11.9 Å². The van der Waals surface area contributed by atoms with Gasteiger partial charge in [0.2, 0.25) is 0 Å². The van der Waals surface area contributed by atoms with Crippen LogP contribution in [0.25, 0.3) is 0 Å². The molecular formula is C20H21NO4. The summed E-state index contributed by atoms with van der Waals surface area (Å²) >= 11 is 0. The normalized spacial score (nSPS) is 14.3. The van der Waals surface area contributed by atoms with Crippen LogP contribution in [-0.4, -0.2) is 37.7 Å². The van der Waals surface area contributed by atoms with Crippen LogP contribution in [0.2, 0.25) is 0 Å². The number of hydrogen-bond acceptors (Lipinski definition) is 4. The maximum absolute atomic E-state index is 12.4. The first kappa shape index (κ1) is 15.8. The molecule has 0 fully saturated rings. The van der Waals surface area contributed by atoms with Gasteiger partial charge in [0.25, 0.3) is 5.91 Å². The van der Waals surface area contributed by atoms with Crippen LogP contribution in [0.3, 0.4) is 0 Å². The first-order valence-corrected chi connectivity index (χ1v) is 8.57. The third-order valence-electron chi connectivity index (χ3n) is 4.69. The smallest absolute Gasteiger partial charge is 0.260 e. The molecule has 2 heterocycles. The van der Waals surface area contributed by atoms with Crippen molar-refractivity contribution in [3.8, 4) is 17.2 Å². The molecule has 0 saturated carbocycles. The van der Waals surface area contributed by atoms with Gasteiger partial charge in [0.15, 0.2) is 6.61 Å². The molecule has 0 bridgehead atoms. The van der Waals surface area contributed by atoms with Gasteiger partial charge in [-0.2, -0.15) is 0 Å². The van der Waals surface area contributed by atoms with E-state index in [1.807, 2.05) is 30.3 Å². The average Bonchev–Trinajstić information content (AvgIpc) is 3.29. The molecule has 0 aliphatic carbocycles. The van der Waals surface area contributed by atoms with Gasteiger partial charge in [0.05, 0.1) is 13.2 Å². The van der Waals surface area contributed by atoms with E-state index < -0.39 is 0 Å². The number of hydrogen-bond donors (Lipinski definition) is 0. The number of likely N-dealkylation sites (N-methyl/N-ethyl adjacent to an activating group) is 1. The summed E-state index contributed by atoms with van der Waals surface area (Å²) in [6.07, 6.45) is 1.76. The van der Waals surface area contributed by atoms with Crippen molar-refractivity contribution < 1.29 is 19.0 Å². The van der Waals surface area contributed by atoms with Crippen molar-refractivity contribution in [2.75, 3.05) is 26.9 Å². The molecule has 1 amide bonds. The summed E-state index contributed by atoms with van der Waals surface area (Å²) in [5.41, 5.74) is 3.43. The largest absolute Gasteiger partial charge is 0.493 e. The molecule has 130 valence electrons.